The lowest BCUT2D eigenvalue weighted by Crippen LogP contribution is -2.23. The Balaban J connectivity index is 2.11. The molecule has 2 rings (SSSR count). The Hall–Kier alpha value is -2.23. The normalized spacial score (nSPS) is 11.4. The van der Waals surface area contributed by atoms with E-state index in [1.165, 1.54) is 27.1 Å². The maximum absolute atomic E-state index is 12.4. The molecule has 0 aliphatic heterocycles. The molecule has 0 fully saturated rings. The van der Waals surface area contributed by atoms with Crippen LogP contribution in [0.15, 0.2) is 34.5 Å². The molecular weight excluding hydrogens is 374 g/mol. The standard InChI is InChI=1S/C17H21N3O4S2/c1-11-14(6-5-7-15(11)19-12(2)21)17(22)18-10-13-8-9-16(25-13)26(23,24)20(3)4/h5-9H,10H2,1-4H3,(H,18,22)(H,19,21). The largest absolute Gasteiger partial charge is 0.347 e. The number of thiophene rings is 1. The van der Waals surface area contributed by atoms with Crippen LogP contribution in [0.1, 0.15) is 27.7 Å². The molecule has 1 heterocycles. The smallest absolute Gasteiger partial charge is 0.252 e. The van der Waals surface area contributed by atoms with Gasteiger partial charge in [-0.05, 0) is 36.8 Å². The van der Waals surface area contributed by atoms with Crippen molar-refractivity contribution in [3.8, 4) is 0 Å². The number of anilines is 1. The van der Waals surface area contributed by atoms with Crippen molar-refractivity contribution in [1.29, 1.82) is 0 Å². The van der Waals surface area contributed by atoms with Gasteiger partial charge in [0.15, 0.2) is 0 Å². The van der Waals surface area contributed by atoms with Crippen LogP contribution >= 0.6 is 11.3 Å². The van der Waals surface area contributed by atoms with E-state index in [1.807, 2.05) is 0 Å². The molecule has 1 aromatic carbocycles. The number of carbonyl (C=O) groups is 2. The van der Waals surface area contributed by atoms with Gasteiger partial charge in [-0.1, -0.05) is 6.07 Å². The summed E-state index contributed by atoms with van der Waals surface area (Å²) in [6.45, 7) is 3.38. The molecule has 0 bridgehead atoms. The van der Waals surface area contributed by atoms with Crippen LogP contribution in [0.4, 0.5) is 5.69 Å². The summed E-state index contributed by atoms with van der Waals surface area (Å²) in [6.07, 6.45) is 0. The van der Waals surface area contributed by atoms with Gasteiger partial charge in [-0.2, -0.15) is 0 Å². The Kier molecular flexibility index (Phi) is 6.17. The van der Waals surface area contributed by atoms with Crippen LogP contribution < -0.4 is 10.6 Å². The number of sulfonamides is 1. The van der Waals surface area contributed by atoms with Crippen LogP contribution in [0.3, 0.4) is 0 Å². The zero-order chi connectivity index (χ0) is 19.5. The first-order chi connectivity index (χ1) is 12.1. The quantitative estimate of drug-likeness (QED) is 0.784. The van der Waals surface area contributed by atoms with E-state index in [0.29, 0.717) is 16.8 Å². The van der Waals surface area contributed by atoms with Gasteiger partial charge in [0.1, 0.15) is 4.21 Å². The predicted molar refractivity (Wildman–Crippen MR) is 102 cm³/mol. The molecule has 7 nitrogen and oxygen atoms in total. The van der Waals surface area contributed by atoms with Gasteiger partial charge in [0.25, 0.3) is 15.9 Å². The number of nitrogens with zero attached hydrogens (tertiary/aromatic N) is 1. The van der Waals surface area contributed by atoms with Gasteiger partial charge in [0, 0.05) is 37.1 Å². The van der Waals surface area contributed by atoms with Gasteiger partial charge in [-0.25, -0.2) is 12.7 Å². The molecule has 0 saturated carbocycles. The Morgan fingerprint density at radius 1 is 1.15 bits per heavy atom. The fourth-order valence-corrected chi connectivity index (χ4v) is 4.71. The third kappa shape index (κ3) is 4.48. The zero-order valence-corrected chi connectivity index (χ0v) is 16.6. The molecule has 0 aliphatic rings. The molecular formula is C17H21N3O4S2. The topological polar surface area (TPSA) is 95.6 Å². The summed E-state index contributed by atoms with van der Waals surface area (Å²) < 4.78 is 25.6. The number of nitrogens with one attached hydrogen (secondary N) is 2. The molecule has 0 unspecified atom stereocenters. The summed E-state index contributed by atoms with van der Waals surface area (Å²) >= 11 is 1.12. The summed E-state index contributed by atoms with van der Waals surface area (Å²) in [5.74, 6) is -0.501. The maximum Gasteiger partial charge on any atom is 0.252 e. The molecule has 0 aliphatic carbocycles. The monoisotopic (exact) mass is 395 g/mol. The van der Waals surface area contributed by atoms with E-state index in [9.17, 15) is 18.0 Å². The Bertz CT molecular complexity index is 933. The molecule has 0 atom stereocenters. The lowest BCUT2D eigenvalue weighted by Gasteiger charge is -2.11. The van der Waals surface area contributed by atoms with E-state index in [2.05, 4.69) is 10.6 Å². The molecule has 0 radical (unpaired) electrons. The average molecular weight is 396 g/mol. The SMILES string of the molecule is CC(=O)Nc1cccc(C(=O)NCc2ccc(S(=O)(=O)N(C)C)s2)c1C. The van der Waals surface area contributed by atoms with Crippen molar-refractivity contribution in [2.45, 2.75) is 24.6 Å². The van der Waals surface area contributed by atoms with Gasteiger partial charge in [0.05, 0.1) is 6.54 Å². The third-order valence-electron chi connectivity index (χ3n) is 3.68. The fourth-order valence-electron chi connectivity index (χ4n) is 2.24. The van der Waals surface area contributed by atoms with Crippen LogP contribution in [-0.4, -0.2) is 38.6 Å². The molecule has 26 heavy (non-hydrogen) atoms. The van der Waals surface area contributed by atoms with Gasteiger partial charge in [0.2, 0.25) is 5.91 Å². The van der Waals surface area contributed by atoms with Gasteiger partial charge in [-0.15, -0.1) is 11.3 Å². The van der Waals surface area contributed by atoms with E-state index >= 15 is 0 Å². The lowest BCUT2D eigenvalue weighted by atomic mass is 10.1. The van der Waals surface area contributed by atoms with Crippen LogP contribution in [-0.2, 0) is 21.4 Å². The summed E-state index contributed by atoms with van der Waals surface area (Å²) in [5.41, 5.74) is 1.71. The van der Waals surface area contributed by atoms with Crippen molar-refractivity contribution in [2.24, 2.45) is 0 Å². The highest BCUT2D eigenvalue weighted by atomic mass is 32.2. The van der Waals surface area contributed by atoms with Crippen molar-refractivity contribution >= 4 is 38.9 Å². The molecule has 0 saturated heterocycles. The van der Waals surface area contributed by atoms with Crippen molar-refractivity contribution in [2.75, 3.05) is 19.4 Å². The number of rotatable bonds is 6. The Morgan fingerprint density at radius 2 is 1.85 bits per heavy atom. The molecule has 2 aromatic rings. The minimum Gasteiger partial charge on any atom is -0.347 e. The van der Waals surface area contributed by atoms with Crippen molar-refractivity contribution in [1.82, 2.24) is 9.62 Å². The van der Waals surface area contributed by atoms with Crippen LogP contribution in [0, 0.1) is 6.92 Å². The van der Waals surface area contributed by atoms with Crippen LogP contribution in [0.2, 0.25) is 0 Å². The summed E-state index contributed by atoms with van der Waals surface area (Å²) in [4.78, 5) is 24.4. The minimum atomic E-state index is -3.47. The van der Waals surface area contributed by atoms with E-state index in [0.717, 1.165) is 20.5 Å². The van der Waals surface area contributed by atoms with Crippen LogP contribution in [0.25, 0.3) is 0 Å². The molecule has 1 aromatic heterocycles. The molecule has 0 spiro atoms. The second kappa shape index (κ2) is 7.98. The Morgan fingerprint density at radius 3 is 2.46 bits per heavy atom. The number of amides is 2. The first-order valence-corrected chi connectivity index (χ1v) is 10.0. The zero-order valence-electron chi connectivity index (χ0n) is 15.0. The van der Waals surface area contributed by atoms with E-state index in [-0.39, 0.29) is 22.6 Å². The second-order valence-corrected chi connectivity index (χ2v) is 9.40. The van der Waals surface area contributed by atoms with Crippen molar-refractivity contribution < 1.29 is 18.0 Å². The number of hydrogen-bond acceptors (Lipinski definition) is 5. The number of benzene rings is 1. The summed E-state index contributed by atoms with van der Waals surface area (Å²) in [6, 6.07) is 8.31. The van der Waals surface area contributed by atoms with Gasteiger partial charge in [-0.3, -0.25) is 9.59 Å². The molecule has 2 N–H and O–H groups in total. The highest BCUT2D eigenvalue weighted by molar-refractivity contribution is 7.91. The number of hydrogen-bond donors (Lipinski definition) is 2. The lowest BCUT2D eigenvalue weighted by molar-refractivity contribution is -0.114. The second-order valence-electron chi connectivity index (χ2n) is 5.85. The van der Waals surface area contributed by atoms with Gasteiger partial charge >= 0.3 is 0 Å². The first kappa shape index (κ1) is 20.1. The fraction of sp³-hybridized carbons (Fsp3) is 0.294. The average Bonchev–Trinajstić information content (AvgIpc) is 3.03. The number of carbonyl (C=O) groups excluding carboxylic acids is 2. The Labute approximate surface area is 157 Å². The van der Waals surface area contributed by atoms with Crippen molar-refractivity contribution in [3.05, 3.63) is 46.3 Å². The van der Waals surface area contributed by atoms with Crippen molar-refractivity contribution in [3.63, 3.8) is 0 Å². The highest BCUT2D eigenvalue weighted by Gasteiger charge is 2.20. The first-order valence-electron chi connectivity index (χ1n) is 7.79. The molecule has 140 valence electrons. The van der Waals surface area contributed by atoms with E-state index < -0.39 is 10.0 Å². The van der Waals surface area contributed by atoms with E-state index in [1.54, 1.807) is 31.2 Å². The molecule has 2 amide bonds. The highest BCUT2D eigenvalue weighted by Crippen LogP contribution is 2.24. The summed E-state index contributed by atoms with van der Waals surface area (Å²) in [5, 5.41) is 5.47. The third-order valence-corrected chi connectivity index (χ3v) is 7.05. The van der Waals surface area contributed by atoms with E-state index in [4.69, 9.17) is 0 Å². The van der Waals surface area contributed by atoms with Crippen LogP contribution in [0.5, 0.6) is 0 Å². The summed E-state index contributed by atoms with van der Waals surface area (Å²) in [7, 11) is -0.525. The maximum atomic E-state index is 12.4. The predicted octanol–water partition coefficient (Wildman–Crippen LogP) is 2.20. The van der Waals surface area contributed by atoms with Gasteiger partial charge < -0.3 is 10.6 Å². The molecule has 9 heteroatoms. The minimum absolute atomic E-state index is 0.209.